The summed E-state index contributed by atoms with van der Waals surface area (Å²) in [4.78, 5) is 40.3. The predicted octanol–water partition coefficient (Wildman–Crippen LogP) is 1.95. The molecule has 4 atom stereocenters. The van der Waals surface area contributed by atoms with Crippen molar-refractivity contribution in [2.24, 2.45) is 0 Å². The number of rotatable bonds is 5. The Hall–Kier alpha value is -3.30. The number of pyridine rings is 1. The predicted molar refractivity (Wildman–Crippen MR) is 104 cm³/mol. The van der Waals surface area contributed by atoms with Crippen LogP contribution in [0.25, 0.3) is 0 Å². The van der Waals surface area contributed by atoms with Crippen LogP contribution >= 0.6 is 0 Å². The lowest BCUT2D eigenvalue weighted by molar-refractivity contribution is -0.131. The minimum absolute atomic E-state index is 0.0730. The molecule has 0 spiro atoms. The third-order valence-corrected chi connectivity index (χ3v) is 5.29. The van der Waals surface area contributed by atoms with Crippen molar-refractivity contribution >= 4 is 17.9 Å². The first-order valence-electron chi connectivity index (χ1n) is 9.73. The summed E-state index contributed by atoms with van der Waals surface area (Å²) in [5.74, 6) is -1.65. The lowest BCUT2D eigenvalue weighted by Gasteiger charge is -2.28. The summed E-state index contributed by atoms with van der Waals surface area (Å²) in [5, 5.41) is 0. The first-order valence-corrected chi connectivity index (χ1v) is 9.73. The van der Waals surface area contributed by atoms with E-state index in [9.17, 15) is 14.4 Å². The van der Waals surface area contributed by atoms with Gasteiger partial charge in [-0.1, -0.05) is 12.1 Å². The SMILES string of the molecule is CC(=O)Oc1ccccc1C(=O)O[C@H]1CO[C@@]2(C)[C@@H]1OC[C@H]2OC(=O)c1cccnc1. The van der Waals surface area contributed by atoms with E-state index in [4.69, 9.17) is 23.7 Å². The molecule has 1 aromatic heterocycles. The van der Waals surface area contributed by atoms with Crippen molar-refractivity contribution < 1.29 is 38.1 Å². The van der Waals surface area contributed by atoms with E-state index >= 15 is 0 Å². The molecule has 0 N–H and O–H groups in total. The summed E-state index contributed by atoms with van der Waals surface area (Å²) in [6.07, 6.45) is 0.959. The van der Waals surface area contributed by atoms with Crippen molar-refractivity contribution in [1.29, 1.82) is 0 Å². The molecule has 0 bridgehead atoms. The van der Waals surface area contributed by atoms with Crippen LogP contribution in [-0.4, -0.2) is 60.0 Å². The van der Waals surface area contributed by atoms with E-state index in [1.807, 2.05) is 0 Å². The molecule has 1 aromatic carbocycles. The summed E-state index contributed by atoms with van der Waals surface area (Å²) < 4.78 is 27.9. The van der Waals surface area contributed by atoms with Gasteiger partial charge in [0.05, 0.1) is 18.8 Å². The van der Waals surface area contributed by atoms with Gasteiger partial charge in [-0.2, -0.15) is 0 Å². The van der Waals surface area contributed by atoms with Crippen molar-refractivity contribution in [1.82, 2.24) is 4.98 Å². The highest BCUT2D eigenvalue weighted by atomic mass is 16.7. The standard InChI is InChI=1S/C22H21NO8/c1-13(24)29-16-8-4-3-7-15(16)21(26)30-17-11-28-22(2)18(12-27-19(17)22)31-20(25)14-6-5-9-23-10-14/h3-10,17-19H,11-12H2,1-2H3/t17-,18+,19+,22+/m0/s1. The number of fused-ring (bicyclic) bond motifs is 1. The number of carbonyl (C=O) groups excluding carboxylic acids is 3. The second kappa shape index (κ2) is 8.44. The van der Waals surface area contributed by atoms with E-state index in [0.717, 1.165) is 0 Å². The number of nitrogens with zero attached hydrogens (tertiary/aromatic N) is 1. The van der Waals surface area contributed by atoms with Gasteiger partial charge in [0.25, 0.3) is 0 Å². The minimum Gasteiger partial charge on any atom is -0.453 e. The molecule has 2 saturated heterocycles. The van der Waals surface area contributed by atoms with Gasteiger partial charge in [0, 0.05) is 19.3 Å². The monoisotopic (exact) mass is 427 g/mol. The van der Waals surface area contributed by atoms with Gasteiger partial charge in [-0.15, -0.1) is 0 Å². The van der Waals surface area contributed by atoms with Gasteiger partial charge in [-0.05, 0) is 31.2 Å². The average Bonchev–Trinajstić information content (AvgIpc) is 3.24. The fourth-order valence-corrected chi connectivity index (χ4v) is 3.71. The van der Waals surface area contributed by atoms with E-state index in [2.05, 4.69) is 4.98 Å². The fraction of sp³-hybridized carbons (Fsp3) is 0.364. The number of hydrogen-bond donors (Lipinski definition) is 0. The Morgan fingerprint density at radius 2 is 1.87 bits per heavy atom. The molecule has 2 aromatic rings. The molecule has 0 saturated carbocycles. The summed E-state index contributed by atoms with van der Waals surface area (Å²) in [6, 6.07) is 9.54. The number of ether oxygens (including phenoxy) is 5. The first kappa shape index (κ1) is 21.0. The summed E-state index contributed by atoms with van der Waals surface area (Å²) in [6.45, 7) is 3.18. The molecule has 0 unspecified atom stereocenters. The van der Waals surface area contributed by atoms with Gasteiger partial charge >= 0.3 is 17.9 Å². The number of esters is 3. The number of hydrogen-bond acceptors (Lipinski definition) is 9. The van der Waals surface area contributed by atoms with Gasteiger partial charge in [-0.25, -0.2) is 9.59 Å². The molecule has 9 heteroatoms. The Balaban J connectivity index is 1.44. The van der Waals surface area contributed by atoms with Crippen LogP contribution in [0.15, 0.2) is 48.8 Å². The molecule has 3 heterocycles. The Morgan fingerprint density at radius 1 is 1.06 bits per heavy atom. The largest absolute Gasteiger partial charge is 0.453 e. The minimum atomic E-state index is -0.974. The zero-order valence-electron chi connectivity index (χ0n) is 17.0. The molecule has 162 valence electrons. The summed E-state index contributed by atoms with van der Waals surface area (Å²) >= 11 is 0. The first-order chi connectivity index (χ1) is 14.9. The summed E-state index contributed by atoms with van der Waals surface area (Å²) in [7, 11) is 0. The smallest absolute Gasteiger partial charge is 0.342 e. The van der Waals surface area contributed by atoms with Crippen molar-refractivity contribution in [3.8, 4) is 5.75 Å². The lowest BCUT2D eigenvalue weighted by Crippen LogP contribution is -2.46. The third kappa shape index (κ3) is 4.14. The van der Waals surface area contributed by atoms with Crippen LogP contribution in [0.2, 0.25) is 0 Å². The van der Waals surface area contributed by atoms with Gasteiger partial charge in [0.15, 0.2) is 12.2 Å². The van der Waals surface area contributed by atoms with E-state index in [1.54, 1.807) is 37.4 Å². The van der Waals surface area contributed by atoms with Crippen molar-refractivity contribution in [2.75, 3.05) is 13.2 Å². The van der Waals surface area contributed by atoms with Crippen molar-refractivity contribution in [3.63, 3.8) is 0 Å². The second-order valence-electron chi connectivity index (χ2n) is 7.42. The van der Waals surface area contributed by atoms with Crippen LogP contribution < -0.4 is 4.74 Å². The normalized spacial score (nSPS) is 26.7. The summed E-state index contributed by atoms with van der Waals surface area (Å²) in [5.41, 5.74) is -0.542. The van der Waals surface area contributed by atoms with Crippen LogP contribution in [0.3, 0.4) is 0 Å². The quantitative estimate of drug-likeness (QED) is 0.522. The van der Waals surface area contributed by atoms with E-state index in [0.29, 0.717) is 5.56 Å². The molecule has 31 heavy (non-hydrogen) atoms. The maximum Gasteiger partial charge on any atom is 0.342 e. The van der Waals surface area contributed by atoms with E-state index < -0.39 is 41.8 Å². The Kier molecular flexibility index (Phi) is 5.71. The molecule has 0 amide bonds. The number of benzene rings is 1. The van der Waals surface area contributed by atoms with Crippen LogP contribution in [0.5, 0.6) is 5.75 Å². The van der Waals surface area contributed by atoms with Gasteiger partial charge < -0.3 is 23.7 Å². The zero-order chi connectivity index (χ0) is 22.0. The van der Waals surface area contributed by atoms with Gasteiger partial charge in [0.2, 0.25) is 0 Å². The molecule has 4 rings (SSSR count). The Bertz CT molecular complexity index is 994. The van der Waals surface area contributed by atoms with Crippen LogP contribution in [0, 0.1) is 0 Å². The van der Waals surface area contributed by atoms with Gasteiger partial charge in [0.1, 0.15) is 23.0 Å². The molecule has 2 aliphatic heterocycles. The number of aromatic nitrogens is 1. The Labute approximate surface area is 178 Å². The van der Waals surface area contributed by atoms with Crippen molar-refractivity contribution in [2.45, 2.75) is 37.8 Å². The highest BCUT2D eigenvalue weighted by Crippen LogP contribution is 2.40. The fourth-order valence-electron chi connectivity index (χ4n) is 3.71. The highest BCUT2D eigenvalue weighted by Gasteiger charge is 2.60. The Morgan fingerprint density at radius 3 is 2.61 bits per heavy atom. The number of para-hydroxylation sites is 1. The molecule has 9 nitrogen and oxygen atoms in total. The van der Waals surface area contributed by atoms with E-state index in [1.165, 1.54) is 25.3 Å². The van der Waals surface area contributed by atoms with Crippen molar-refractivity contribution in [3.05, 3.63) is 59.9 Å². The molecular formula is C22H21NO8. The lowest BCUT2D eigenvalue weighted by atomic mass is 9.94. The molecule has 0 radical (unpaired) electrons. The zero-order valence-corrected chi connectivity index (χ0v) is 17.0. The molecule has 0 aliphatic carbocycles. The topological polar surface area (TPSA) is 110 Å². The maximum atomic E-state index is 12.7. The third-order valence-electron chi connectivity index (χ3n) is 5.29. The molecular weight excluding hydrogens is 406 g/mol. The van der Waals surface area contributed by atoms with Crippen LogP contribution in [0.4, 0.5) is 0 Å². The molecule has 2 aliphatic rings. The number of carbonyl (C=O) groups is 3. The van der Waals surface area contributed by atoms with Crippen LogP contribution in [0.1, 0.15) is 34.6 Å². The highest BCUT2D eigenvalue weighted by molar-refractivity contribution is 5.93. The average molecular weight is 427 g/mol. The van der Waals surface area contributed by atoms with Crippen LogP contribution in [-0.2, 0) is 23.7 Å². The second-order valence-corrected chi connectivity index (χ2v) is 7.42. The van der Waals surface area contributed by atoms with Gasteiger partial charge in [-0.3, -0.25) is 9.78 Å². The molecule has 2 fully saturated rings. The van der Waals surface area contributed by atoms with E-state index in [-0.39, 0.29) is 24.5 Å². The maximum absolute atomic E-state index is 12.7.